The standard InChI is InChI=1S/C14H17N7S/c1-19-2-4-20(5-3-19)13-12-6-18-21(14(12)16-9-15-13)7-11-8-22-10-17-11/h6,8-10H,2-5,7H2,1H3. The fourth-order valence-corrected chi connectivity index (χ4v) is 3.29. The molecule has 4 rings (SSSR count). The molecule has 0 aromatic carbocycles. The quantitative estimate of drug-likeness (QED) is 0.721. The van der Waals surface area contributed by atoms with Crippen LogP contribution in [-0.4, -0.2) is 62.9 Å². The van der Waals surface area contributed by atoms with Gasteiger partial charge in [0.15, 0.2) is 5.65 Å². The van der Waals surface area contributed by atoms with Gasteiger partial charge < -0.3 is 9.80 Å². The number of nitrogens with zero attached hydrogens (tertiary/aromatic N) is 7. The first-order valence-corrected chi connectivity index (χ1v) is 8.22. The molecule has 0 bridgehead atoms. The minimum Gasteiger partial charge on any atom is -0.353 e. The highest BCUT2D eigenvalue weighted by Crippen LogP contribution is 2.23. The van der Waals surface area contributed by atoms with Crippen LogP contribution in [0.15, 0.2) is 23.4 Å². The lowest BCUT2D eigenvalue weighted by Crippen LogP contribution is -2.44. The summed E-state index contributed by atoms with van der Waals surface area (Å²) in [7, 11) is 2.15. The van der Waals surface area contributed by atoms with Crippen molar-refractivity contribution in [3.63, 3.8) is 0 Å². The van der Waals surface area contributed by atoms with Crippen LogP contribution in [0.1, 0.15) is 5.69 Å². The lowest BCUT2D eigenvalue weighted by Gasteiger charge is -2.33. The van der Waals surface area contributed by atoms with E-state index in [9.17, 15) is 0 Å². The van der Waals surface area contributed by atoms with Crippen LogP contribution >= 0.6 is 11.3 Å². The Morgan fingerprint density at radius 1 is 1.14 bits per heavy atom. The van der Waals surface area contributed by atoms with E-state index >= 15 is 0 Å². The van der Waals surface area contributed by atoms with Crippen molar-refractivity contribution < 1.29 is 0 Å². The van der Waals surface area contributed by atoms with Gasteiger partial charge in [-0.2, -0.15) is 5.10 Å². The summed E-state index contributed by atoms with van der Waals surface area (Å²) < 4.78 is 1.89. The third-order valence-electron chi connectivity index (χ3n) is 4.01. The van der Waals surface area contributed by atoms with Gasteiger partial charge in [0.05, 0.1) is 29.3 Å². The molecular weight excluding hydrogens is 298 g/mol. The number of fused-ring (bicyclic) bond motifs is 1. The van der Waals surface area contributed by atoms with E-state index in [2.05, 4.69) is 36.9 Å². The highest BCUT2D eigenvalue weighted by atomic mass is 32.1. The van der Waals surface area contributed by atoms with Gasteiger partial charge in [-0.15, -0.1) is 11.3 Å². The van der Waals surface area contributed by atoms with Gasteiger partial charge in [-0.1, -0.05) is 0 Å². The van der Waals surface area contributed by atoms with Gasteiger partial charge in [0, 0.05) is 31.6 Å². The molecule has 1 aliphatic heterocycles. The molecule has 0 unspecified atom stereocenters. The second-order valence-electron chi connectivity index (χ2n) is 5.51. The van der Waals surface area contributed by atoms with Crippen molar-refractivity contribution >= 4 is 28.2 Å². The van der Waals surface area contributed by atoms with Crippen LogP contribution in [0.25, 0.3) is 11.0 Å². The van der Waals surface area contributed by atoms with Gasteiger partial charge >= 0.3 is 0 Å². The molecule has 0 atom stereocenters. The molecule has 3 aromatic heterocycles. The molecule has 0 saturated carbocycles. The van der Waals surface area contributed by atoms with E-state index in [0.29, 0.717) is 6.54 Å². The van der Waals surface area contributed by atoms with E-state index in [-0.39, 0.29) is 0 Å². The number of hydrogen-bond donors (Lipinski definition) is 0. The van der Waals surface area contributed by atoms with Crippen molar-refractivity contribution in [2.75, 3.05) is 38.1 Å². The van der Waals surface area contributed by atoms with Gasteiger partial charge in [0.1, 0.15) is 12.1 Å². The molecule has 0 aliphatic carbocycles. The molecule has 8 heteroatoms. The van der Waals surface area contributed by atoms with Crippen LogP contribution in [0.3, 0.4) is 0 Å². The predicted octanol–water partition coefficient (Wildman–Crippen LogP) is 1.08. The van der Waals surface area contributed by atoms with E-state index in [4.69, 9.17) is 0 Å². The summed E-state index contributed by atoms with van der Waals surface area (Å²) in [5.74, 6) is 0.989. The Morgan fingerprint density at radius 3 is 2.77 bits per heavy atom. The molecule has 0 N–H and O–H groups in total. The van der Waals surface area contributed by atoms with Crippen LogP contribution in [-0.2, 0) is 6.54 Å². The summed E-state index contributed by atoms with van der Waals surface area (Å²) in [5, 5.41) is 7.54. The SMILES string of the molecule is CN1CCN(c2ncnc3c2cnn3Cc2cscn2)CC1. The fraction of sp³-hybridized carbons (Fsp3) is 0.429. The number of anilines is 1. The second-order valence-corrected chi connectivity index (χ2v) is 6.23. The van der Waals surface area contributed by atoms with Crippen LogP contribution in [0.4, 0.5) is 5.82 Å². The van der Waals surface area contributed by atoms with Crippen LogP contribution in [0, 0.1) is 0 Å². The highest BCUT2D eigenvalue weighted by molar-refractivity contribution is 7.07. The van der Waals surface area contributed by atoms with Gasteiger partial charge in [0.25, 0.3) is 0 Å². The van der Waals surface area contributed by atoms with E-state index in [1.807, 2.05) is 21.8 Å². The molecule has 1 saturated heterocycles. The van der Waals surface area contributed by atoms with Crippen molar-refractivity contribution in [1.82, 2.24) is 29.6 Å². The Morgan fingerprint density at radius 2 is 2.00 bits per heavy atom. The zero-order chi connectivity index (χ0) is 14.9. The number of hydrogen-bond acceptors (Lipinski definition) is 7. The first kappa shape index (κ1) is 13.6. The Bertz CT molecular complexity index is 759. The molecule has 4 heterocycles. The monoisotopic (exact) mass is 315 g/mol. The number of likely N-dealkylation sites (N-methyl/N-ethyl adjacent to an activating group) is 1. The van der Waals surface area contributed by atoms with Crippen LogP contribution in [0.5, 0.6) is 0 Å². The second kappa shape index (κ2) is 5.62. The Balaban J connectivity index is 1.67. The van der Waals surface area contributed by atoms with Gasteiger partial charge in [-0.05, 0) is 7.05 Å². The van der Waals surface area contributed by atoms with Crippen molar-refractivity contribution in [3.05, 3.63) is 29.1 Å². The summed E-state index contributed by atoms with van der Waals surface area (Å²) in [4.78, 5) is 17.9. The average Bonchev–Trinajstić information content (AvgIpc) is 3.19. The fourth-order valence-electron chi connectivity index (χ4n) is 2.74. The average molecular weight is 315 g/mol. The molecule has 22 heavy (non-hydrogen) atoms. The number of piperazine rings is 1. The molecule has 0 spiro atoms. The number of rotatable bonds is 3. The molecule has 7 nitrogen and oxygen atoms in total. The van der Waals surface area contributed by atoms with Gasteiger partial charge in [-0.25, -0.2) is 19.6 Å². The van der Waals surface area contributed by atoms with E-state index in [1.54, 1.807) is 17.7 Å². The molecular formula is C14H17N7S. The van der Waals surface area contributed by atoms with Crippen molar-refractivity contribution in [2.24, 2.45) is 0 Å². The normalized spacial score (nSPS) is 16.5. The first-order valence-electron chi connectivity index (χ1n) is 7.28. The lowest BCUT2D eigenvalue weighted by molar-refractivity contribution is 0.312. The molecule has 0 radical (unpaired) electrons. The maximum Gasteiger partial charge on any atom is 0.163 e. The minimum absolute atomic E-state index is 0.645. The zero-order valence-electron chi connectivity index (χ0n) is 12.4. The maximum absolute atomic E-state index is 4.50. The van der Waals surface area contributed by atoms with Crippen LogP contribution in [0.2, 0.25) is 0 Å². The first-order chi connectivity index (χ1) is 10.8. The topological polar surface area (TPSA) is 63.0 Å². The summed E-state index contributed by atoms with van der Waals surface area (Å²) in [6, 6.07) is 0. The molecule has 3 aromatic rings. The third-order valence-corrected chi connectivity index (χ3v) is 4.65. The molecule has 114 valence electrons. The minimum atomic E-state index is 0.645. The third kappa shape index (κ3) is 2.44. The Hall–Kier alpha value is -2.06. The van der Waals surface area contributed by atoms with E-state index in [1.165, 1.54) is 0 Å². The van der Waals surface area contributed by atoms with Crippen molar-refractivity contribution in [2.45, 2.75) is 6.54 Å². The summed E-state index contributed by atoms with van der Waals surface area (Å²) >= 11 is 1.60. The molecule has 1 aliphatic rings. The lowest BCUT2D eigenvalue weighted by atomic mass is 10.3. The van der Waals surface area contributed by atoms with Gasteiger partial charge in [-0.3, -0.25) is 0 Å². The van der Waals surface area contributed by atoms with Crippen molar-refractivity contribution in [1.29, 1.82) is 0 Å². The largest absolute Gasteiger partial charge is 0.353 e. The number of thiazole rings is 1. The maximum atomic E-state index is 4.50. The van der Waals surface area contributed by atoms with E-state index in [0.717, 1.165) is 48.7 Å². The zero-order valence-corrected chi connectivity index (χ0v) is 13.2. The van der Waals surface area contributed by atoms with E-state index < -0.39 is 0 Å². The Kier molecular flexibility index (Phi) is 3.47. The molecule has 1 fully saturated rings. The van der Waals surface area contributed by atoms with Crippen molar-refractivity contribution in [3.8, 4) is 0 Å². The molecule has 0 amide bonds. The highest BCUT2D eigenvalue weighted by Gasteiger charge is 2.19. The van der Waals surface area contributed by atoms with Crippen LogP contribution < -0.4 is 4.90 Å². The summed E-state index contributed by atoms with van der Waals surface area (Å²) in [6.07, 6.45) is 3.50. The summed E-state index contributed by atoms with van der Waals surface area (Å²) in [6.45, 7) is 4.73. The van der Waals surface area contributed by atoms with Gasteiger partial charge in [0.2, 0.25) is 0 Å². The summed E-state index contributed by atoms with van der Waals surface area (Å²) in [5.41, 5.74) is 3.72. The Labute approximate surface area is 132 Å². The smallest absolute Gasteiger partial charge is 0.163 e. The predicted molar refractivity (Wildman–Crippen MR) is 86.2 cm³/mol. The number of aromatic nitrogens is 5.